The van der Waals surface area contributed by atoms with Gasteiger partial charge in [0, 0.05) is 12.7 Å². The Balaban J connectivity index is 2.07. The first-order valence-electron chi connectivity index (χ1n) is 6.05. The van der Waals surface area contributed by atoms with Crippen LogP contribution in [0.3, 0.4) is 0 Å². The summed E-state index contributed by atoms with van der Waals surface area (Å²) in [5.41, 5.74) is 2.62. The Bertz CT molecular complexity index is 653. The zero-order valence-electron chi connectivity index (χ0n) is 11.0. The Morgan fingerprint density at radius 2 is 2.15 bits per heavy atom. The molecule has 0 amide bonds. The maximum absolute atomic E-state index is 11.1. The minimum absolute atomic E-state index is 0.195. The highest BCUT2D eigenvalue weighted by atomic mass is 16.4. The molecular formula is C14H14N4O2. The highest BCUT2D eigenvalue weighted by molar-refractivity contribution is 5.88. The molecule has 0 bridgehead atoms. The van der Waals surface area contributed by atoms with E-state index in [0.29, 0.717) is 18.7 Å². The van der Waals surface area contributed by atoms with Gasteiger partial charge >= 0.3 is 5.97 Å². The summed E-state index contributed by atoms with van der Waals surface area (Å²) in [6, 6.07) is 9.55. The number of carboxylic acid groups (broad SMARTS) is 1. The number of rotatable bonds is 5. The molecule has 1 aromatic carbocycles. The predicted molar refractivity (Wildman–Crippen MR) is 73.3 cm³/mol. The standard InChI is InChI=1S/C14H14N4O2/c1-18-13(12(8-17-18)14(19)20)9-16-11-4-2-10(3-5-11)6-7-15/h2-5,8,16H,6,9H2,1H3,(H,19,20). The van der Waals surface area contributed by atoms with E-state index >= 15 is 0 Å². The van der Waals surface area contributed by atoms with E-state index in [1.54, 1.807) is 11.7 Å². The van der Waals surface area contributed by atoms with Crippen LogP contribution in [-0.4, -0.2) is 20.9 Å². The zero-order valence-corrected chi connectivity index (χ0v) is 11.0. The van der Waals surface area contributed by atoms with Crippen LogP contribution in [0.25, 0.3) is 0 Å². The van der Waals surface area contributed by atoms with Gasteiger partial charge in [0.25, 0.3) is 0 Å². The topological polar surface area (TPSA) is 90.9 Å². The number of carbonyl (C=O) groups is 1. The van der Waals surface area contributed by atoms with Crippen molar-refractivity contribution in [1.29, 1.82) is 5.26 Å². The van der Waals surface area contributed by atoms with Gasteiger partial charge in [-0.1, -0.05) is 12.1 Å². The van der Waals surface area contributed by atoms with Gasteiger partial charge in [0.15, 0.2) is 0 Å². The van der Waals surface area contributed by atoms with Crippen molar-refractivity contribution in [3.8, 4) is 6.07 Å². The number of nitrogens with one attached hydrogen (secondary N) is 1. The summed E-state index contributed by atoms with van der Waals surface area (Å²) in [5.74, 6) is -0.987. The first-order valence-corrected chi connectivity index (χ1v) is 6.05. The van der Waals surface area contributed by atoms with E-state index in [1.807, 2.05) is 24.3 Å². The molecule has 0 saturated heterocycles. The molecule has 2 rings (SSSR count). The second-order valence-corrected chi connectivity index (χ2v) is 4.32. The van der Waals surface area contributed by atoms with Crippen LogP contribution in [0.1, 0.15) is 21.6 Å². The molecule has 0 unspecified atom stereocenters. The summed E-state index contributed by atoms with van der Waals surface area (Å²) in [5, 5.41) is 24.8. The van der Waals surface area contributed by atoms with Gasteiger partial charge < -0.3 is 10.4 Å². The smallest absolute Gasteiger partial charge is 0.339 e. The Morgan fingerprint density at radius 3 is 2.75 bits per heavy atom. The quantitative estimate of drug-likeness (QED) is 0.864. The van der Waals surface area contributed by atoms with Crippen molar-refractivity contribution in [3.05, 3.63) is 47.3 Å². The lowest BCUT2D eigenvalue weighted by molar-refractivity contribution is 0.0695. The molecule has 2 N–H and O–H groups in total. The van der Waals surface area contributed by atoms with Crippen LogP contribution < -0.4 is 5.32 Å². The third-order valence-electron chi connectivity index (χ3n) is 2.99. The fraction of sp³-hybridized carbons (Fsp3) is 0.214. The molecule has 102 valence electrons. The number of hydrogen-bond donors (Lipinski definition) is 2. The second kappa shape index (κ2) is 5.89. The zero-order chi connectivity index (χ0) is 14.5. The van der Waals surface area contributed by atoms with Gasteiger partial charge in [-0.15, -0.1) is 0 Å². The fourth-order valence-corrected chi connectivity index (χ4v) is 1.87. The maximum atomic E-state index is 11.1. The lowest BCUT2D eigenvalue weighted by Crippen LogP contribution is -2.10. The van der Waals surface area contributed by atoms with Crippen molar-refractivity contribution in [1.82, 2.24) is 9.78 Å². The molecule has 0 radical (unpaired) electrons. The van der Waals surface area contributed by atoms with E-state index in [9.17, 15) is 4.79 Å². The van der Waals surface area contributed by atoms with Gasteiger partial charge in [-0.2, -0.15) is 10.4 Å². The number of nitrogens with zero attached hydrogens (tertiary/aromatic N) is 3. The summed E-state index contributed by atoms with van der Waals surface area (Å²) >= 11 is 0. The summed E-state index contributed by atoms with van der Waals surface area (Å²) in [4.78, 5) is 11.1. The molecule has 0 aliphatic rings. The molecule has 6 heteroatoms. The van der Waals surface area contributed by atoms with E-state index in [-0.39, 0.29) is 5.56 Å². The van der Waals surface area contributed by atoms with E-state index < -0.39 is 5.97 Å². The number of nitriles is 1. The first-order chi connectivity index (χ1) is 9.61. The van der Waals surface area contributed by atoms with E-state index in [1.165, 1.54) is 6.20 Å². The summed E-state index contributed by atoms with van der Waals surface area (Å²) in [7, 11) is 1.71. The molecule has 0 saturated carbocycles. The Morgan fingerprint density at radius 1 is 1.45 bits per heavy atom. The molecule has 0 aliphatic heterocycles. The molecular weight excluding hydrogens is 256 g/mol. The van der Waals surface area contributed by atoms with Gasteiger partial charge in [0.1, 0.15) is 5.56 Å². The number of hydrogen-bond acceptors (Lipinski definition) is 4. The fourth-order valence-electron chi connectivity index (χ4n) is 1.87. The van der Waals surface area contributed by atoms with Gasteiger partial charge in [-0.25, -0.2) is 4.79 Å². The van der Waals surface area contributed by atoms with Crippen molar-refractivity contribution in [2.45, 2.75) is 13.0 Å². The summed E-state index contributed by atoms with van der Waals surface area (Å²) in [6.07, 6.45) is 1.72. The van der Waals surface area contributed by atoms with Crippen LogP contribution in [0.5, 0.6) is 0 Å². The van der Waals surface area contributed by atoms with Crippen molar-refractivity contribution < 1.29 is 9.90 Å². The molecule has 1 aromatic heterocycles. The van der Waals surface area contributed by atoms with Crippen LogP contribution in [-0.2, 0) is 20.0 Å². The third-order valence-corrected chi connectivity index (χ3v) is 2.99. The number of anilines is 1. The lowest BCUT2D eigenvalue weighted by atomic mass is 10.1. The van der Waals surface area contributed by atoms with Crippen molar-refractivity contribution >= 4 is 11.7 Å². The number of benzene rings is 1. The molecule has 0 spiro atoms. The molecule has 0 aliphatic carbocycles. The summed E-state index contributed by atoms with van der Waals surface area (Å²) in [6.45, 7) is 0.371. The monoisotopic (exact) mass is 270 g/mol. The van der Waals surface area contributed by atoms with Gasteiger partial charge in [-0.05, 0) is 17.7 Å². The average Bonchev–Trinajstić information content (AvgIpc) is 2.80. The normalized spacial score (nSPS) is 10.0. The van der Waals surface area contributed by atoms with Gasteiger partial charge in [0.05, 0.1) is 30.9 Å². The predicted octanol–water partition coefficient (Wildman–Crippen LogP) is 1.80. The number of aromatic carboxylic acids is 1. The third kappa shape index (κ3) is 2.95. The van der Waals surface area contributed by atoms with Gasteiger partial charge in [-0.3, -0.25) is 4.68 Å². The maximum Gasteiger partial charge on any atom is 0.339 e. The molecule has 0 atom stereocenters. The number of carboxylic acids is 1. The van der Waals surface area contributed by atoms with E-state index in [4.69, 9.17) is 10.4 Å². The van der Waals surface area contributed by atoms with Crippen molar-refractivity contribution in [2.75, 3.05) is 5.32 Å². The van der Waals surface area contributed by atoms with Crippen LogP contribution in [0, 0.1) is 11.3 Å². The highest BCUT2D eigenvalue weighted by Gasteiger charge is 2.14. The SMILES string of the molecule is Cn1ncc(C(=O)O)c1CNc1ccc(CC#N)cc1. The lowest BCUT2D eigenvalue weighted by Gasteiger charge is -2.08. The minimum atomic E-state index is -0.987. The van der Waals surface area contributed by atoms with E-state index in [0.717, 1.165) is 11.3 Å². The van der Waals surface area contributed by atoms with Crippen LogP contribution >= 0.6 is 0 Å². The first kappa shape index (κ1) is 13.6. The Hall–Kier alpha value is -2.81. The minimum Gasteiger partial charge on any atom is -0.478 e. The molecule has 6 nitrogen and oxygen atoms in total. The molecule has 0 fully saturated rings. The molecule has 20 heavy (non-hydrogen) atoms. The molecule has 1 heterocycles. The van der Waals surface area contributed by atoms with Crippen LogP contribution in [0.2, 0.25) is 0 Å². The second-order valence-electron chi connectivity index (χ2n) is 4.32. The summed E-state index contributed by atoms with van der Waals surface area (Å²) < 4.78 is 1.54. The van der Waals surface area contributed by atoms with Crippen molar-refractivity contribution in [2.24, 2.45) is 7.05 Å². The van der Waals surface area contributed by atoms with Gasteiger partial charge in [0.2, 0.25) is 0 Å². The Kier molecular flexibility index (Phi) is 4.01. The number of aryl methyl sites for hydroxylation is 1. The average molecular weight is 270 g/mol. The van der Waals surface area contributed by atoms with Crippen LogP contribution in [0.15, 0.2) is 30.5 Å². The van der Waals surface area contributed by atoms with Crippen LogP contribution in [0.4, 0.5) is 5.69 Å². The number of aromatic nitrogens is 2. The largest absolute Gasteiger partial charge is 0.478 e. The highest BCUT2D eigenvalue weighted by Crippen LogP contribution is 2.13. The Labute approximate surface area is 116 Å². The molecule has 2 aromatic rings. The van der Waals surface area contributed by atoms with E-state index in [2.05, 4.69) is 16.5 Å². The van der Waals surface area contributed by atoms with Crippen molar-refractivity contribution in [3.63, 3.8) is 0 Å².